The van der Waals surface area contributed by atoms with E-state index in [1.165, 1.54) is 0 Å². The third-order valence-corrected chi connectivity index (χ3v) is 3.45. The summed E-state index contributed by atoms with van der Waals surface area (Å²) in [7, 11) is 0. The fourth-order valence-corrected chi connectivity index (χ4v) is 2.17. The van der Waals surface area contributed by atoms with Gasteiger partial charge < -0.3 is 21.1 Å². The second-order valence-corrected chi connectivity index (χ2v) is 5.29. The lowest BCUT2D eigenvalue weighted by atomic mass is 10.2. The molecule has 4 N–H and O–H groups in total. The summed E-state index contributed by atoms with van der Waals surface area (Å²) in [6.07, 6.45) is 3.32. The van der Waals surface area contributed by atoms with Crippen LogP contribution in [-0.2, 0) is 6.54 Å². The van der Waals surface area contributed by atoms with E-state index in [-0.39, 0.29) is 6.03 Å². The minimum absolute atomic E-state index is 0.316. The summed E-state index contributed by atoms with van der Waals surface area (Å²) in [6, 6.07) is 17.7. The molecule has 0 radical (unpaired) electrons. The Morgan fingerprint density at radius 2 is 1.36 bits per heavy atom. The molecule has 0 fully saturated rings. The fraction of sp³-hybridized carbons (Fsp3) is 0.0526. The highest BCUT2D eigenvalue weighted by molar-refractivity contribution is 5.99. The summed E-state index contributed by atoms with van der Waals surface area (Å²) in [6.45, 7) is 0.473. The Bertz CT molecular complexity index is 818. The van der Waals surface area contributed by atoms with Gasteiger partial charge in [0.05, 0.1) is 0 Å². The minimum atomic E-state index is -0.316. The second-order valence-electron chi connectivity index (χ2n) is 5.29. The van der Waals surface area contributed by atoms with E-state index in [1.54, 1.807) is 48.8 Å². The molecular formula is C19H18N4O2. The molecule has 25 heavy (non-hydrogen) atoms. The van der Waals surface area contributed by atoms with Crippen molar-refractivity contribution in [3.8, 4) is 11.5 Å². The van der Waals surface area contributed by atoms with Crippen LogP contribution in [0, 0.1) is 0 Å². The van der Waals surface area contributed by atoms with Gasteiger partial charge in [-0.2, -0.15) is 0 Å². The van der Waals surface area contributed by atoms with Crippen molar-refractivity contribution in [2.24, 2.45) is 5.73 Å². The minimum Gasteiger partial charge on any atom is -0.457 e. The quantitative estimate of drug-likeness (QED) is 0.658. The average Bonchev–Trinajstić information content (AvgIpc) is 2.65. The van der Waals surface area contributed by atoms with Gasteiger partial charge in [0.25, 0.3) is 0 Å². The maximum atomic E-state index is 12.0. The molecule has 126 valence electrons. The molecular weight excluding hydrogens is 316 g/mol. The van der Waals surface area contributed by atoms with Gasteiger partial charge in [-0.3, -0.25) is 4.98 Å². The summed E-state index contributed by atoms with van der Waals surface area (Å²) >= 11 is 0. The first-order valence-corrected chi connectivity index (χ1v) is 7.78. The number of benzene rings is 2. The predicted octanol–water partition coefficient (Wildman–Crippen LogP) is 3.98. The highest BCUT2D eigenvalue weighted by Gasteiger charge is 2.03. The molecule has 0 aliphatic carbocycles. The number of hydrogen-bond acceptors (Lipinski definition) is 4. The van der Waals surface area contributed by atoms with Gasteiger partial charge in [-0.15, -0.1) is 0 Å². The Hall–Kier alpha value is -3.38. The second kappa shape index (κ2) is 7.94. The number of rotatable bonds is 5. The lowest BCUT2D eigenvalue weighted by molar-refractivity contribution is 0.262. The number of ether oxygens (including phenoxy) is 1. The average molecular weight is 334 g/mol. The molecule has 6 heteroatoms. The number of hydrogen-bond donors (Lipinski definition) is 3. The summed E-state index contributed by atoms with van der Waals surface area (Å²) in [5.74, 6) is 1.38. The molecule has 0 bridgehead atoms. The van der Waals surface area contributed by atoms with Crippen LogP contribution in [-0.4, -0.2) is 11.0 Å². The first-order valence-electron chi connectivity index (χ1n) is 7.78. The third kappa shape index (κ3) is 4.79. The molecule has 3 rings (SSSR count). The van der Waals surface area contributed by atoms with Crippen molar-refractivity contribution >= 4 is 17.4 Å². The number of nitrogens with two attached hydrogens (primary N) is 1. The van der Waals surface area contributed by atoms with Crippen LogP contribution in [0.25, 0.3) is 0 Å². The van der Waals surface area contributed by atoms with Gasteiger partial charge in [0.1, 0.15) is 11.5 Å². The SMILES string of the molecule is NCc1ccc(NC(=O)Nc2ccc(Oc3ccncc3)cc2)cc1. The zero-order chi connectivity index (χ0) is 17.5. The molecule has 0 aliphatic heterocycles. The smallest absolute Gasteiger partial charge is 0.323 e. The van der Waals surface area contributed by atoms with Gasteiger partial charge in [0.15, 0.2) is 0 Å². The third-order valence-electron chi connectivity index (χ3n) is 3.45. The number of pyridine rings is 1. The molecule has 0 aliphatic rings. The topological polar surface area (TPSA) is 89.3 Å². The fourth-order valence-electron chi connectivity index (χ4n) is 2.17. The van der Waals surface area contributed by atoms with Crippen LogP contribution in [0.15, 0.2) is 73.1 Å². The van der Waals surface area contributed by atoms with E-state index in [0.29, 0.717) is 29.4 Å². The predicted molar refractivity (Wildman–Crippen MR) is 97.7 cm³/mol. The van der Waals surface area contributed by atoms with Crippen molar-refractivity contribution in [2.45, 2.75) is 6.54 Å². The first kappa shape index (κ1) is 16.5. The number of anilines is 2. The Morgan fingerprint density at radius 1 is 0.840 bits per heavy atom. The van der Waals surface area contributed by atoms with Crippen molar-refractivity contribution in [1.82, 2.24) is 4.98 Å². The number of aromatic nitrogens is 1. The van der Waals surface area contributed by atoms with Crippen LogP contribution in [0.5, 0.6) is 11.5 Å². The van der Waals surface area contributed by atoms with Crippen LogP contribution >= 0.6 is 0 Å². The van der Waals surface area contributed by atoms with Crippen molar-refractivity contribution in [1.29, 1.82) is 0 Å². The van der Waals surface area contributed by atoms with Crippen molar-refractivity contribution in [3.63, 3.8) is 0 Å². The molecule has 1 aromatic heterocycles. The number of nitrogens with zero attached hydrogens (tertiary/aromatic N) is 1. The lowest BCUT2D eigenvalue weighted by Crippen LogP contribution is -2.19. The van der Waals surface area contributed by atoms with Crippen molar-refractivity contribution in [3.05, 3.63) is 78.6 Å². The largest absolute Gasteiger partial charge is 0.457 e. The molecule has 6 nitrogen and oxygen atoms in total. The van der Waals surface area contributed by atoms with Crippen LogP contribution < -0.4 is 21.1 Å². The van der Waals surface area contributed by atoms with Crippen molar-refractivity contribution < 1.29 is 9.53 Å². The van der Waals surface area contributed by atoms with Gasteiger partial charge in [0.2, 0.25) is 0 Å². The normalized spacial score (nSPS) is 10.1. The van der Waals surface area contributed by atoms with Gasteiger partial charge in [0, 0.05) is 30.3 Å². The van der Waals surface area contributed by atoms with Crippen LogP contribution in [0.2, 0.25) is 0 Å². The number of carbonyl (C=O) groups excluding carboxylic acids is 1. The maximum Gasteiger partial charge on any atom is 0.323 e. The van der Waals surface area contributed by atoms with E-state index in [1.807, 2.05) is 24.3 Å². The standard InChI is InChI=1S/C19H18N4O2/c20-13-14-1-3-15(4-2-14)22-19(24)23-16-5-7-17(8-6-16)25-18-9-11-21-12-10-18/h1-12H,13,20H2,(H2,22,23,24). The van der Waals surface area contributed by atoms with Crippen LogP contribution in [0.4, 0.5) is 16.2 Å². The monoisotopic (exact) mass is 334 g/mol. The van der Waals surface area contributed by atoms with E-state index in [4.69, 9.17) is 10.5 Å². The summed E-state index contributed by atoms with van der Waals surface area (Å²) in [4.78, 5) is 16.0. The Labute approximate surface area is 145 Å². The Morgan fingerprint density at radius 3 is 1.92 bits per heavy atom. The molecule has 2 amide bonds. The molecule has 2 aromatic carbocycles. The number of carbonyl (C=O) groups is 1. The highest BCUT2D eigenvalue weighted by atomic mass is 16.5. The first-order chi connectivity index (χ1) is 12.2. The molecule has 1 heterocycles. The van der Waals surface area contributed by atoms with E-state index < -0.39 is 0 Å². The molecule has 0 saturated carbocycles. The van der Waals surface area contributed by atoms with Gasteiger partial charge in [-0.05, 0) is 54.1 Å². The van der Waals surface area contributed by atoms with Crippen LogP contribution in [0.3, 0.4) is 0 Å². The van der Waals surface area contributed by atoms with Gasteiger partial charge in [-0.1, -0.05) is 12.1 Å². The molecule has 0 spiro atoms. The van der Waals surface area contributed by atoms with E-state index in [0.717, 1.165) is 5.56 Å². The number of nitrogens with one attached hydrogen (secondary N) is 2. The Balaban J connectivity index is 1.56. The zero-order valence-electron chi connectivity index (χ0n) is 13.5. The lowest BCUT2D eigenvalue weighted by Gasteiger charge is -2.09. The highest BCUT2D eigenvalue weighted by Crippen LogP contribution is 2.22. The van der Waals surface area contributed by atoms with Gasteiger partial charge >= 0.3 is 6.03 Å². The van der Waals surface area contributed by atoms with Crippen molar-refractivity contribution in [2.75, 3.05) is 10.6 Å². The van der Waals surface area contributed by atoms with E-state index in [2.05, 4.69) is 15.6 Å². The Kier molecular flexibility index (Phi) is 5.23. The van der Waals surface area contributed by atoms with Gasteiger partial charge in [-0.25, -0.2) is 4.79 Å². The van der Waals surface area contributed by atoms with E-state index in [9.17, 15) is 4.79 Å². The number of urea groups is 1. The van der Waals surface area contributed by atoms with Crippen LogP contribution in [0.1, 0.15) is 5.56 Å². The van der Waals surface area contributed by atoms with E-state index >= 15 is 0 Å². The molecule has 0 atom stereocenters. The molecule has 0 saturated heterocycles. The summed E-state index contributed by atoms with van der Waals surface area (Å²) < 4.78 is 5.68. The zero-order valence-corrected chi connectivity index (χ0v) is 13.5. The summed E-state index contributed by atoms with van der Waals surface area (Å²) in [5.41, 5.74) is 7.93. The molecule has 0 unspecified atom stereocenters. The summed E-state index contributed by atoms with van der Waals surface area (Å²) in [5, 5.41) is 5.54. The number of amides is 2. The maximum absolute atomic E-state index is 12.0. The molecule has 3 aromatic rings.